The SMILES string of the molecule is CCCCCCCCCCOc1ccc(-c2ccc(C(=O)Oc3ccc(-c4ccc(C(=O)OC(C)COCC)cc4)cc3)cc2)cc1. The number of hydrogen-bond acceptors (Lipinski definition) is 6. The molecule has 248 valence electrons. The summed E-state index contributed by atoms with van der Waals surface area (Å²) in [7, 11) is 0. The molecule has 0 aromatic heterocycles. The predicted molar refractivity (Wildman–Crippen MR) is 188 cm³/mol. The fourth-order valence-corrected chi connectivity index (χ4v) is 5.22. The first-order valence-corrected chi connectivity index (χ1v) is 17.0. The van der Waals surface area contributed by atoms with Gasteiger partial charge >= 0.3 is 11.9 Å². The van der Waals surface area contributed by atoms with E-state index in [1.807, 2.05) is 67.6 Å². The number of carbonyl (C=O) groups excluding carboxylic acids is 2. The van der Waals surface area contributed by atoms with Crippen LogP contribution >= 0.6 is 0 Å². The topological polar surface area (TPSA) is 71.1 Å². The molecule has 0 aliphatic rings. The van der Waals surface area contributed by atoms with Gasteiger partial charge in [-0.25, -0.2) is 9.59 Å². The smallest absolute Gasteiger partial charge is 0.343 e. The Morgan fingerprint density at radius 1 is 0.553 bits per heavy atom. The second-order valence-corrected chi connectivity index (χ2v) is 11.8. The first-order chi connectivity index (χ1) is 23.0. The van der Waals surface area contributed by atoms with Gasteiger partial charge in [0.2, 0.25) is 0 Å². The summed E-state index contributed by atoms with van der Waals surface area (Å²) in [5.41, 5.74) is 4.88. The van der Waals surface area contributed by atoms with E-state index in [1.165, 1.54) is 44.9 Å². The molecule has 0 amide bonds. The zero-order valence-corrected chi connectivity index (χ0v) is 28.0. The van der Waals surface area contributed by atoms with E-state index >= 15 is 0 Å². The van der Waals surface area contributed by atoms with Crippen molar-refractivity contribution in [2.45, 2.75) is 78.2 Å². The summed E-state index contributed by atoms with van der Waals surface area (Å²) in [5, 5.41) is 0. The molecule has 4 aromatic carbocycles. The lowest BCUT2D eigenvalue weighted by Crippen LogP contribution is -2.20. The van der Waals surface area contributed by atoms with Crippen LogP contribution in [0.1, 0.15) is 92.9 Å². The van der Waals surface area contributed by atoms with Crippen molar-refractivity contribution < 1.29 is 28.5 Å². The van der Waals surface area contributed by atoms with E-state index in [4.69, 9.17) is 18.9 Å². The first kappa shape index (κ1) is 35.4. The Balaban J connectivity index is 1.22. The van der Waals surface area contributed by atoms with Crippen LogP contribution in [0.3, 0.4) is 0 Å². The fourth-order valence-electron chi connectivity index (χ4n) is 5.22. The van der Waals surface area contributed by atoms with Gasteiger partial charge in [-0.15, -0.1) is 0 Å². The van der Waals surface area contributed by atoms with Gasteiger partial charge in [-0.2, -0.15) is 0 Å². The second kappa shape index (κ2) is 19.3. The summed E-state index contributed by atoms with van der Waals surface area (Å²) >= 11 is 0. The van der Waals surface area contributed by atoms with E-state index in [-0.39, 0.29) is 12.1 Å². The van der Waals surface area contributed by atoms with E-state index in [9.17, 15) is 9.59 Å². The molecule has 0 aliphatic heterocycles. The minimum atomic E-state index is -0.421. The normalized spacial score (nSPS) is 11.6. The molecule has 1 atom stereocenters. The van der Waals surface area contributed by atoms with Crippen LogP contribution in [-0.4, -0.2) is 37.9 Å². The van der Waals surface area contributed by atoms with E-state index in [2.05, 4.69) is 6.92 Å². The average Bonchev–Trinajstić information content (AvgIpc) is 3.10. The zero-order valence-electron chi connectivity index (χ0n) is 28.0. The molecule has 0 radical (unpaired) electrons. The highest BCUT2D eigenvalue weighted by Crippen LogP contribution is 2.26. The third-order valence-electron chi connectivity index (χ3n) is 7.96. The van der Waals surface area contributed by atoms with Crippen LogP contribution in [0.25, 0.3) is 22.3 Å². The summed E-state index contributed by atoms with van der Waals surface area (Å²) in [6, 6.07) is 30.0. The zero-order chi connectivity index (χ0) is 33.3. The van der Waals surface area contributed by atoms with Crippen LogP contribution in [0.4, 0.5) is 0 Å². The monoisotopic (exact) mass is 636 g/mol. The second-order valence-electron chi connectivity index (χ2n) is 11.8. The van der Waals surface area contributed by atoms with Gasteiger partial charge in [0.05, 0.1) is 24.3 Å². The highest BCUT2D eigenvalue weighted by Gasteiger charge is 2.13. The molecule has 0 saturated carbocycles. The number of esters is 2. The maximum atomic E-state index is 12.8. The minimum absolute atomic E-state index is 0.317. The molecule has 6 nitrogen and oxygen atoms in total. The van der Waals surface area contributed by atoms with Crippen molar-refractivity contribution in [3.8, 4) is 33.8 Å². The third kappa shape index (κ3) is 11.7. The van der Waals surface area contributed by atoms with Crippen LogP contribution < -0.4 is 9.47 Å². The highest BCUT2D eigenvalue weighted by atomic mass is 16.6. The van der Waals surface area contributed by atoms with Crippen molar-refractivity contribution in [1.82, 2.24) is 0 Å². The van der Waals surface area contributed by atoms with Crippen molar-refractivity contribution in [2.24, 2.45) is 0 Å². The van der Waals surface area contributed by atoms with Crippen LogP contribution in [-0.2, 0) is 9.47 Å². The summed E-state index contributed by atoms with van der Waals surface area (Å²) in [6.07, 6.45) is 9.95. The van der Waals surface area contributed by atoms with Gasteiger partial charge in [-0.3, -0.25) is 0 Å². The van der Waals surface area contributed by atoms with Gasteiger partial charge < -0.3 is 18.9 Å². The van der Waals surface area contributed by atoms with Crippen LogP contribution in [0, 0.1) is 0 Å². The number of carbonyl (C=O) groups is 2. The molecule has 0 heterocycles. The molecule has 47 heavy (non-hydrogen) atoms. The number of rotatable bonds is 19. The van der Waals surface area contributed by atoms with Crippen LogP contribution in [0.5, 0.6) is 11.5 Å². The van der Waals surface area contributed by atoms with E-state index in [0.29, 0.717) is 30.1 Å². The molecular formula is C41H48O6. The predicted octanol–water partition coefficient (Wildman–Crippen LogP) is 10.3. The molecule has 1 unspecified atom stereocenters. The Bertz CT molecular complexity index is 1490. The maximum absolute atomic E-state index is 12.8. The summed E-state index contributed by atoms with van der Waals surface area (Å²) in [5.74, 6) is 0.527. The molecule has 0 N–H and O–H groups in total. The molecule has 6 heteroatoms. The molecule has 0 bridgehead atoms. The molecule has 0 spiro atoms. The van der Waals surface area contributed by atoms with Gasteiger partial charge in [0.25, 0.3) is 0 Å². The van der Waals surface area contributed by atoms with Crippen molar-refractivity contribution >= 4 is 11.9 Å². The van der Waals surface area contributed by atoms with E-state index in [0.717, 1.165) is 41.0 Å². The van der Waals surface area contributed by atoms with Crippen LogP contribution in [0.2, 0.25) is 0 Å². The van der Waals surface area contributed by atoms with Crippen LogP contribution in [0.15, 0.2) is 97.1 Å². The lowest BCUT2D eigenvalue weighted by atomic mass is 10.0. The fraction of sp³-hybridized carbons (Fsp3) is 0.366. The summed E-state index contributed by atoms with van der Waals surface area (Å²) < 4.78 is 22.3. The van der Waals surface area contributed by atoms with Gasteiger partial charge in [0.1, 0.15) is 17.6 Å². The largest absolute Gasteiger partial charge is 0.494 e. The standard InChI is InChI=1S/C41H48O6/c1-4-6-7-8-9-10-11-12-29-45-38-25-21-34(22-26-38)32-15-19-37(20-16-32)41(43)47-39-27-23-35(24-28-39)33-13-17-36(18-14-33)40(42)46-31(3)30-44-5-2/h13-28,31H,4-12,29-30H2,1-3H3. The minimum Gasteiger partial charge on any atom is -0.494 e. The molecular weight excluding hydrogens is 588 g/mol. The Morgan fingerprint density at radius 3 is 1.51 bits per heavy atom. The van der Waals surface area contributed by atoms with E-state index in [1.54, 1.807) is 43.3 Å². The van der Waals surface area contributed by atoms with Crippen molar-refractivity contribution in [3.05, 3.63) is 108 Å². The lowest BCUT2D eigenvalue weighted by molar-refractivity contribution is 0.00439. The maximum Gasteiger partial charge on any atom is 0.343 e. The quantitative estimate of drug-likeness (QED) is 0.0579. The highest BCUT2D eigenvalue weighted by molar-refractivity contribution is 5.92. The van der Waals surface area contributed by atoms with Crippen molar-refractivity contribution in [1.29, 1.82) is 0 Å². The average molecular weight is 637 g/mol. The Morgan fingerprint density at radius 2 is 1.00 bits per heavy atom. The molecule has 4 aromatic rings. The number of hydrogen-bond donors (Lipinski definition) is 0. The number of unbranched alkanes of at least 4 members (excludes halogenated alkanes) is 7. The van der Waals surface area contributed by atoms with Gasteiger partial charge in [-0.05, 0) is 91.1 Å². The molecule has 0 aliphatic carbocycles. The third-order valence-corrected chi connectivity index (χ3v) is 7.96. The Kier molecular flexibility index (Phi) is 14.5. The number of ether oxygens (including phenoxy) is 4. The van der Waals surface area contributed by atoms with Crippen molar-refractivity contribution in [2.75, 3.05) is 19.8 Å². The summed E-state index contributed by atoms with van der Waals surface area (Å²) in [4.78, 5) is 25.2. The van der Waals surface area contributed by atoms with E-state index < -0.39 is 5.97 Å². The molecule has 4 rings (SSSR count). The molecule has 0 fully saturated rings. The summed E-state index contributed by atoms with van der Waals surface area (Å²) in [6.45, 7) is 7.65. The molecule has 0 saturated heterocycles. The lowest BCUT2D eigenvalue weighted by Gasteiger charge is -2.13. The number of benzene rings is 4. The van der Waals surface area contributed by atoms with Gasteiger partial charge in [0.15, 0.2) is 0 Å². The Labute approximate surface area is 280 Å². The van der Waals surface area contributed by atoms with Gasteiger partial charge in [-0.1, -0.05) is 100 Å². The Hall–Kier alpha value is -4.42. The van der Waals surface area contributed by atoms with Gasteiger partial charge in [0, 0.05) is 6.61 Å². The first-order valence-electron chi connectivity index (χ1n) is 17.0. The van der Waals surface area contributed by atoms with Crippen molar-refractivity contribution in [3.63, 3.8) is 0 Å².